The Morgan fingerprint density at radius 3 is 2.72 bits per heavy atom. The molecule has 0 fully saturated rings. The van der Waals surface area contributed by atoms with E-state index in [4.69, 9.17) is 4.74 Å². The Hall–Kier alpha value is -3.13. The van der Waals surface area contributed by atoms with Crippen molar-refractivity contribution in [1.82, 2.24) is 14.8 Å². The Balaban J connectivity index is 1.66. The normalized spacial score (nSPS) is 10.6. The van der Waals surface area contributed by atoms with Crippen molar-refractivity contribution < 1.29 is 13.9 Å². The second-order valence-corrected chi connectivity index (χ2v) is 7.12. The van der Waals surface area contributed by atoms with Crippen molar-refractivity contribution in [2.24, 2.45) is 0 Å². The zero-order valence-corrected chi connectivity index (χ0v) is 16.8. The van der Waals surface area contributed by atoms with Crippen LogP contribution in [0.4, 0.5) is 10.1 Å². The first-order chi connectivity index (χ1) is 14.1. The van der Waals surface area contributed by atoms with Crippen molar-refractivity contribution in [2.45, 2.75) is 18.1 Å². The maximum atomic E-state index is 12.9. The van der Waals surface area contributed by atoms with E-state index >= 15 is 0 Å². The summed E-state index contributed by atoms with van der Waals surface area (Å²) < 4.78 is 20.3. The van der Waals surface area contributed by atoms with Crippen LogP contribution in [0.25, 0.3) is 11.4 Å². The summed E-state index contributed by atoms with van der Waals surface area (Å²) >= 11 is 1.44. The first-order valence-corrected chi connectivity index (χ1v) is 9.96. The van der Waals surface area contributed by atoms with E-state index in [0.29, 0.717) is 34.7 Å². The second-order valence-electron chi connectivity index (χ2n) is 6.06. The lowest BCUT2D eigenvalue weighted by molar-refractivity contribution is -0.115. The highest BCUT2D eigenvalue weighted by molar-refractivity contribution is 7.99. The Morgan fingerprint density at radius 1 is 1.24 bits per heavy atom. The summed E-state index contributed by atoms with van der Waals surface area (Å²) in [7, 11) is 1.61. The van der Waals surface area contributed by atoms with Gasteiger partial charge in [-0.3, -0.25) is 9.36 Å². The minimum Gasteiger partial charge on any atom is -0.496 e. The maximum Gasteiger partial charge on any atom is 0.225 e. The van der Waals surface area contributed by atoms with Crippen molar-refractivity contribution in [3.05, 3.63) is 67.0 Å². The van der Waals surface area contributed by atoms with Crippen molar-refractivity contribution in [3.8, 4) is 17.1 Å². The quantitative estimate of drug-likeness (QED) is 0.417. The summed E-state index contributed by atoms with van der Waals surface area (Å²) in [6, 6.07) is 13.3. The van der Waals surface area contributed by atoms with Crippen molar-refractivity contribution in [1.29, 1.82) is 0 Å². The molecule has 150 valence electrons. The fourth-order valence-electron chi connectivity index (χ4n) is 2.71. The molecule has 1 amide bonds. The van der Waals surface area contributed by atoms with E-state index < -0.39 is 0 Å². The van der Waals surface area contributed by atoms with Crippen LogP contribution < -0.4 is 10.1 Å². The van der Waals surface area contributed by atoms with Gasteiger partial charge >= 0.3 is 0 Å². The van der Waals surface area contributed by atoms with E-state index in [2.05, 4.69) is 22.1 Å². The van der Waals surface area contributed by atoms with Gasteiger partial charge in [-0.25, -0.2) is 4.39 Å². The monoisotopic (exact) mass is 412 g/mol. The summed E-state index contributed by atoms with van der Waals surface area (Å²) in [5.74, 6) is 1.42. The summed E-state index contributed by atoms with van der Waals surface area (Å²) in [5.41, 5.74) is 1.40. The highest BCUT2D eigenvalue weighted by Gasteiger charge is 2.17. The number of rotatable bonds is 9. The number of nitrogens with one attached hydrogen (secondary N) is 1. The standard InChI is InChI=1S/C21H21FN4O2S/c1-3-13-26-20(17-6-4-5-7-18(17)28-2)24-25-21(26)29-14-12-19(27)23-16-10-8-15(22)9-11-16/h3-11H,1,12-14H2,2H3,(H,23,27). The summed E-state index contributed by atoms with van der Waals surface area (Å²) in [4.78, 5) is 12.1. The zero-order valence-electron chi connectivity index (χ0n) is 16.0. The number of nitrogens with zero attached hydrogens (tertiary/aromatic N) is 3. The number of para-hydroxylation sites is 1. The van der Waals surface area contributed by atoms with E-state index in [0.717, 1.165) is 5.56 Å². The highest BCUT2D eigenvalue weighted by Crippen LogP contribution is 2.31. The number of anilines is 1. The molecule has 8 heteroatoms. The molecule has 1 N–H and O–H groups in total. The molecule has 0 spiro atoms. The highest BCUT2D eigenvalue weighted by atomic mass is 32.2. The van der Waals surface area contributed by atoms with Crippen LogP contribution in [0.3, 0.4) is 0 Å². The fraction of sp³-hybridized carbons (Fsp3) is 0.190. The van der Waals surface area contributed by atoms with Crippen molar-refractivity contribution in [3.63, 3.8) is 0 Å². The van der Waals surface area contributed by atoms with Gasteiger partial charge in [-0.1, -0.05) is 30.0 Å². The number of methoxy groups -OCH3 is 1. The average molecular weight is 412 g/mol. The van der Waals surface area contributed by atoms with E-state index in [1.165, 1.54) is 36.0 Å². The van der Waals surface area contributed by atoms with E-state index in [-0.39, 0.29) is 18.1 Å². The first kappa shape index (κ1) is 20.6. The molecular weight excluding hydrogens is 391 g/mol. The van der Waals surface area contributed by atoms with Gasteiger partial charge in [0.15, 0.2) is 11.0 Å². The maximum absolute atomic E-state index is 12.9. The van der Waals surface area contributed by atoms with Gasteiger partial charge in [-0.2, -0.15) is 0 Å². The third-order valence-electron chi connectivity index (χ3n) is 4.06. The number of carbonyl (C=O) groups excluding carboxylic acids is 1. The Bertz CT molecular complexity index is 989. The van der Waals surface area contributed by atoms with Gasteiger partial charge in [0.25, 0.3) is 0 Å². The van der Waals surface area contributed by atoms with Crippen LogP contribution in [0.15, 0.2) is 66.3 Å². The number of amides is 1. The summed E-state index contributed by atoms with van der Waals surface area (Å²) in [6.45, 7) is 4.34. The van der Waals surface area contributed by atoms with Gasteiger partial charge in [0.1, 0.15) is 11.6 Å². The number of aromatic nitrogens is 3. The molecule has 29 heavy (non-hydrogen) atoms. The number of halogens is 1. The molecule has 3 aromatic rings. The largest absolute Gasteiger partial charge is 0.496 e. The molecule has 0 saturated heterocycles. The third kappa shape index (κ3) is 5.23. The van der Waals surface area contributed by atoms with Gasteiger partial charge in [-0.05, 0) is 36.4 Å². The number of benzene rings is 2. The predicted molar refractivity (Wildman–Crippen MR) is 113 cm³/mol. The van der Waals surface area contributed by atoms with Gasteiger partial charge in [0.2, 0.25) is 5.91 Å². The molecule has 0 unspecified atom stereocenters. The molecule has 6 nitrogen and oxygen atoms in total. The Labute approximate surface area is 172 Å². The van der Waals surface area contributed by atoms with Gasteiger partial charge in [-0.15, -0.1) is 16.8 Å². The molecule has 0 aliphatic heterocycles. The minimum atomic E-state index is -0.342. The number of carbonyl (C=O) groups is 1. The van der Waals surface area contributed by atoms with E-state index in [9.17, 15) is 9.18 Å². The number of ether oxygens (including phenoxy) is 1. The molecule has 0 atom stereocenters. The molecule has 2 aromatic carbocycles. The summed E-state index contributed by atoms with van der Waals surface area (Å²) in [5, 5.41) is 12.0. The molecule has 0 bridgehead atoms. The number of hydrogen-bond acceptors (Lipinski definition) is 5. The lowest BCUT2D eigenvalue weighted by atomic mass is 10.2. The van der Waals surface area contributed by atoms with Crippen molar-refractivity contribution >= 4 is 23.4 Å². The second kappa shape index (κ2) is 9.88. The SMILES string of the molecule is C=CCn1c(SCCC(=O)Nc2ccc(F)cc2)nnc1-c1ccccc1OC. The third-order valence-corrected chi connectivity index (χ3v) is 5.03. The predicted octanol–water partition coefficient (Wildman–Crippen LogP) is 4.40. The van der Waals surface area contributed by atoms with Crippen LogP contribution in [0, 0.1) is 5.82 Å². The minimum absolute atomic E-state index is 0.149. The Morgan fingerprint density at radius 2 is 2.00 bits per heavy atom. The molecule has 0 radical (unpaired) electrons. The summed E-state index contributed by atoms with van der Waals surface area (Å²) in [6.07, 6.45) is 2.06. The molecule has 1 aromatic heterocycles. The van der Waals surface area contributed by atoms with Gasteiger partial charge < -0.3 is 10.1 Å². The number of allylic oxidation sites excluding steroid dienone is 1. The van der Waals surface area contributed by atoms with Crippen LogP contribution in [-0.4, -0.2) is 33.5 Å². The molecule has 0 aliphatic rings. The first-order valence-electron chi connectivity index (χ1n) is 8.98. The van der Waals surface area contributed by atoms with Crippen LogP contribution in [0.1, 0.15) is 6.42 Å². The molecule has 0 aliphatic carbocycles. The van der Waals surface area contributed by atoms with Gasteiger partial charge in [0.05, 0.1) is 12.7 Å². The fourth-order valence-corrected chi connectivity index (χ4v) is 3.59. The van der Waals surface area contributed by atoms with Crippen LogP contribution in [0.2, 0.25) is 0 Å². The number of hydrogen-bond donors (Lipinski definition) is 1. The van der Waals surface area contributed by atoms with E-state index in [1.54, 1.807) is 13.2 Å². The van der Waals surface area contributed by atoms with Crippen molar-refractivity contribution in [2.75, 3.05) is 18.2 Å². The lowest BCUT2D eigenvalue weighted by Gasteiger charge is -2.10. The molecule has 3 rings (SSSR count). The topological polar surface area (TPSA) is 69.0 Å². The zero-order chi connectivity index (χ0) is 20.6. The molecule has 1 heterocycles. The van der Waals surface area contributed by atoms with Gasteiger partial charge in [0, 0.05) is 24.4 Å². The van der Waals surface area contributed by atoms with Crippen LogP contribution >= 0.6 is 11.8 Å². The van der Waals surface area contributed by atoms with Crippen LogP contribution in [-0.2, 0) is 11.3 Å². The smallest absolute Gasteiger partial charge is 0.225 e. The lowest BCUT2D eigenvalue weighted by Crippen LogP contribution is -2.12. The van der Waals surface area contributed by atoms with E-state index in [1.807, 2.05) is 28.8 Å². The molecular formula is C21H21FN4O2S. The number of thioether (sulfide) groups is 1. The molecule has 0 saturated carbocycles. The average Bonchev–Trinajstić information content (AvgIpc) is 3.12. The van der Waals surface area contributed by atoms with Crippen LogP contribution in [0.5, 0.6) is 5.75 Å². The Kier molecular flexibility index (Phi) is 7.02.